The Kier molecular flexibility index (Phi) is 7.91. The van der Waals surface area contributed by atoms with E-state index < -0.39 is 17.3 Å². The van der Waals surface area contributed by atoms with E-state index in [9.17, 15) is 10.4 Å². The van der Waals surface area contributed by atoms with Gasteiger partial charge in [-0.25, -0.2) is 9.37 Å². The van der Waals surface area contributed by atoms with Crippen LogP contribution in [-0.4, -0.2) is 54.8 Å². The molecule has 0 bridgehead atoms. The van der Waals surface area contributed by atoms with Gasteiger partial charge in [0.05, 0.1) is 37.3 Å². The van der Waals surface area contributed by atoms with Gasteiger partial charge in [-0.15, -0.1) is 0 Å². The van der Waals surface area contributed by atoms with Gasteiger partial charge >= 0.3 is 0 Å². The SMILES string of the molecule is COc1cccc(C(c2cc3cc(C#N)ccc3nc2OC)C(O)(CCN(C)C)c2ccc(C)nc2)c1F. The number of halogens is 1. The minimum Gasteiger partial charge on any atom is -0.494 e. The van der Waals surface area contributed by atoms with Crippen LogP contribution in [0.4, 0.5) is 4.39 Å². The van der Waals surface area contributed by atoms with E-state index in [1.807, 2.05) is 44.1 Å². The van der Waals surface area contributed by atoms with Crippen molar-refractivity contribution in [1.29, 1.82) is 5.26 Å². The molecule has 0 aliphatic rings. The molecule has 2 aromatic carbocycles. The van der Waals surface area contributed by atoms with Crippen molar-refractivity contribution in [3.63, 3.8) is 0 Å². The molecule has 0 saturated carbocycles. The summed E-state index contributed by atoms with van der Waals surface area (Å²) >= 11 is 0. The van der Waals surface area contributed by atoms with Crippen LogP contribution in [0.5, 0.6) is 11.6 Å². The molecule has 196 valence electrons. The van der Waals surface area contributed by atoms with E-state index >= 15 is 4.39 Å². The minimum absolute atomic E-state index is 0.0592. The molecule has 38 heavy (non-hydrogen) atoms. The fraction of sp³-hybridized carbons (Fsp3) is 0.300. The van der Waals surface area contributed by atoms with Crippen LogP contribution in [0.25, 0.3) is 10.9 Å². The molecule has 0 saturated heterocycles. The fourth-order valence-electron chi connectivity index (χ4n) is 4.78. The predicted octanol–water partition coefficient (Wildman–Crippen LogP) is 4.94. The third kappa shape index (κ3) is 5.17. The first-order chi connectivity index (χ1) is 18.2. The maximum absolute atomic E-state index is 16.0. The lowest BCUT2D eigenvalue weighted by Gasteiger charge is -2.38. The van der Waals surface area contributed by atoms with Crippen LogP contribution in [0.1, 0.15) is 40.3 Å². The summed E-state index contributed by atoms with van der Waals surface area (Å²) in [5, 5.41) is 22.8. The average molecular weight is 515 g/mol. The van der Waals surface area contributed by atoms with Crippen molar-refractivity contribution in [3.8, 4) is 17.7 Å². The lowest BCUT2D eigenvalue weighted by molar-refractivity contribution is 0.00249. The van der Waals surface area contributed by atoms with E-state index in [1.165, 1.54) is 20.3 Å². The predicted molar refractivity (Wildman–Crippen MR) is 144 cm³/mol. The van der Waals surface area contributed by atoms with Crippen LogP contribution in [-0.2, 0) is 5.60 Å². The molecule has 2 atom stereocenters. The molecule has 0 fully saturated rings. The highest BCUT2D eigenvalue weighted by Gasteiger charge is 2.44. The Balaban J connectivity index is 2.09. The number of rotatable bonds is 9. The van der Waals surface area contributed by atoms with Crippen LogP contribution in [0.15, 0.2) is 60.8 Å². The molecule has 0 aliphatic carbocycles. The zero-order valence-corrected chi connectivity index (χ0v) is 22.2. The Morgan fingerprint density at radius 2 is 1.87 bits per heavy atom. The van der Waals surface area contributed by atoms with Crippen LogP contribution >= 0.6 is 0 Å². The standard InChI is InChI=1S/C30H31FN4O3/c1-19-9-11-22(18-33-19)30(36,13-14-35(2)3)27(23-7-6-8-26(37-4)28(23)31)24-16-21-15-20(17-32)10-12-25(21)34-29(24)38-5/h6-12,15-16,18,27,36H,13-14H2,1-5H3. The molecule has 4 rings (SSSR count). The quantitative estimate of drug-likeness (QED) is 0.338. The topological polar surface area (TPSA) is 91.5 Å². The maximum atomic E-state index is 16.0. The molecule has 1 N–H and O–H groups in total. The molecule has 0 aliphatic heterocycles. The second-order valence-electron chi connectivity index (χ2n) is 9.57. The normalized spacial score (nSPS) is 13.7. The van der Waals surface area contributed by atoms with E-state index in [4.69, 9.17) is 9.47 Å². The Hall–Kier alpha value is -4.06. The average Bonchev–Trinajstić information content (AvgIpc) is 2.92. The number of benzene rings is 2. The highest BCUT2D eigenvalue weighted by atomic mass is 19.1. The summed E-state index contributed by atoms with van der Waals surface area (Å²) < 4.78 is 27.0. The van der Waals surface area contributed by atoms with Gasteiger partial charge in [0, 0.05) is 40.5 Å². The van der Waals surface area contributed by atoms with Gasteiger partial charge < -0.3 is 19.5 Å². The lowest BCUT2D eigenvalue weighted by atomic mass is 9.71. The fourth-order valence-corrected chi connectivity index (χ4v) is 4.78. The van der Waals surface area contributed by atoms with Crippen molar-refractivity contribution in [3.05, 3.63) is 94.6 Å². The number of ether oxygens (including phenoxy) is 2. The van der Waals surface area contributed by atoms with E-state index in [2.05, 4.69) is 16.0 Å². The summed E-state index contributed by atoms with van der Waals surface area (Å²) in [6.45, 7) is 2.37. The smallest absolute Gasteiger partial charge is 0.217 e. The van der Waals surface area contributed by atoms with Crippen LogP contribution in [0.2, 0.25) is 0 Å². The highest BCUT2D eigenvalue weighted by Crippen LogP contribution is 2.48. The molecular formula is C30H31FN4O3. The van der Waals surface area contributed by atoms with Crippen molar-refractivity contribution in [1.82, 2.24) is 14.9 Å². The number of hydrogen-bond acceptors (Lipinski definition) is 7. The number of nitrogens with zero attached hydrogens (tertiary/aromatic N) is 4. The summed E-state index contributed by atoms with van der Waals surface area (Å²) in [6, 6.07) is 17.6. The van der Waals surface area contributed by atoms with Crippen molar-refractivity contribution >= 4 is 10.9 Å². The maximum Gasteiger partial charge on any atom is 0.217 e. The monoisotopic (exact) mass is 514 g/mol. The zero-order chi connectivity index (χ0) is 27.4. The molecule has 4 aromatic rings. The molecule has 7 nitrogen and oxygen atoms in total. The number of aromatic nitrogens is 2. The van der Waals surface area contributed by atoms with Gasteiger partial charge in [0.2, 0.25) is 5.88 Å². The van der Waals surface area contributed by atoms with Gasteiger partial charge in [0.15, 0.2) is 11.6 Å². The van der Waals surface area contributed by atoms with Crippen molar-refractivity contribution in [2.45, 2.75) is 24.9 Å². The summed E-state index contributed by atoms with van der Waals surface area (Å²) in [5.74, 6) is -1.24. The van der Waals surface area contributed by atoms with Crippen molar-refractivity contribution in [2.75, 3.05) is 34.9 Å². The van der Waals surface area contributed by atoms with E-state index in [1.54, 1.807) is 36.5 Å². The van der Waals surface area contributed by atoms with Gasteiger partial charge in [0.1, 0.15) is 5.60 Å². The number of aryl methyl sites for hydroxylation is 1. The Morgan fingerprint density at radius 3 is 2.50 bits per heavy atom. The lowest BCUT2D eigenvalue weighted by Crippen LogP contribution is -2.38. The number of methoxy groups -OCH3 is 2. The van der Waals surface area contributed by atoms with Gasteiger partial charge in [-0.05, 0) is 63.8 Å². The molecule has 8 heteroatoms. The number of nitriles is 1. The van der Waals surface area contributed by atoms with Crippen LogP contribution < -0.4 is 9.47 Å². The largest absolute Gasteiger partial charge is 0.494 e. The van der Waals surface area contributed by atoms with Crippen molar-refractivity contribution in [2.24, 2.45) is 0 Å². The first-order valence-electron chi connectivity index (χ1n) is 12.2. The molecule has 0 spiro atoms. The Bertz CT molecular complexity index is 1480. The van der Waals surface area contributed by atoms with Gasteiger partial charge in [-0.3, -0.25) is 4.98 Å². The Labute approximate surface area is 222 Å². The van der Waals surface area contributed by atoms with Crippen LogP contribution in [0.3, 0.4) is 0 Å². The van der Waals surface area contributed by atoms with E-state index in [0.29, 0.717) is 34.1 Å². The molecule has 2 unspecified atom stereocenters. The third-order valence-electron chi connectivity index (χ3n) is 6.79. The first kappa shape index (κ1) is 27.0. The number of pyridine rings is 2. The zero-order valence-electron chi connectivity index (χ0n) is 22.2. The molecule has 0 amide bonds. The second-order valence-corrected chi connectivity index (χ2v) is 9.57. The van der Waals surface area contributed by atoms with Crippen molar-refractivity contribution < 1.29 is 19.0 Å². The first-order valence-corrected chi connectivity index (χ1v) is 12.2. The van der Waals surface area contributed by atoms with Gasteiger partial charge in [-0.2, -0.15) is 5.26 Å². The molecule has 0 radical (unpaired) electrons. The minimum atomic E-state index is -1.62. The van der Waals surface area contributed by atoms with Crippen LogP contribution in [0, 0.1) is 24.1 Å². The summed E-state index contributed by atoms with van der Waals surface area (Å²) in [6.07, 6.45) is 1.89. The van der Waals surface area contributed by atoms with Gasteiger partial charge in [0.25, 0.3) is 0 Å². The van der Waals surface area contributed by atoms with Gasteiger partial charge in [-0.1, -0.05) is 18.2 Å². The summed E-state index contributed by atoms with van der Waals surface area (Å²) in [7, 11) is 6.72. The number of hydrogen-bond donors (Lipinski definition) is 1. The van der Waals surface area contributed by atoms with E-state index in [-0.39, 0.29) is 23.6 Å². The second kappa shape index (κ2) is 11.1. The van der Waals surface area contributed by atoms with E-state index in [0.717, 1.165) is 5.69 Å². The molecule has 2 heterocycles. The third-order valence-corrected chi connectivity index (χ3v) is 6.79. The number of fused-ring (bicyclic) bond motifs is 1. The summed E-state index contributed by atoms with van der Waals surface area (Å²) in [5.41, 5.74) is 1.49. The summed E-state index contributed by atoms with van der Waals surface area (Å²) in [4.78, 5) is 11.1. The number of aliphatic hydroxyl groups is 1. The molecular weight excluding hydrogens is 483 g/mol. The molecule has 2 aromatic heterocycles. The Morgan fingerprint density at radius 1 is 1.08 bits per heavy atom. The highest BCUT2D eigenvalue weighted by molar-refractivity contribution is 5.82.